The molecule has 1 heterocycles. The van der Waals surface area contributed by atoms with E-state index in [0.29, 0.717) is 0 Å². The molecule has 2 aromatic rings. The minimum absolute atomic E-state index is 0.833. The number of aryl methyl sites for hydroxylation is 1. The SMILES string of the molecule is C=C/C=C\c1nc(-c2ccccc2)[nH]c1C.CC(C)C. The molecule has 0 atom stereocenters. The molecule has 0 aliphatic rings. The van der Waals surface area contributed by atoms with Gasteiger partial charge in [0.1, 0.15) is 5.82 Å². The maximum atomic E-state index is 4.53. The molecule has 1 N–H and O–H groups in total. The number of imidazole rings is 1. The molecule has 20 heavy (non-hydrogen) atoms. The maximum absolute atomic E-state index is 4.53. The van der Waals surface area contributed by atoms with Gasteiger partial charge in [0.2, 0.25) is 0 Å². The molecule has 0 amide bonds. The lowest BCUT2D eigenvalue weighted by molar-refractivity contribution is 0.737. The first-order valence-electron chi connectivity index (χ1n) is 6.95. The molecule has 0 aliphatic carbocycles. The molecule has 2 heteroatoms. The number of allylic oxidation sites excluding steroid dienone is 2. The zero-order valence-corrected chi connectivity index (χ0v) is 12.9. The van der Waals surface area contributed by atoms with Crippen molar-refractivity contribution in [2.75, 3.05) is 0 Å². The Labute approximate surface area is 122 Å². The van der Waals surface area contributed by atoms with Crippen LogP contribution >= 0.6 is 0 Å². The van der Waals surface area contributed by atoms with E-state index in [-0.39, 0.29) is 0 Å². The molecule has 0 fully saturated rings. The van der Waals surface area contributed by atoms with Crippen LogP contribution in [0.1, 0.15) is 32.2 Å². The van der Waals surface area contributed by atoms with Gasteiger partial charge in [-0.3, -0.25) is 0 Å². The first kappa shape index (κ1) is 16.0. The van der Waals surface area contributed by atoms with Gasteiger partial charge in [-0.05, 0) is 18.9 Å². The van der Waals surface area contributed by atoms with Crippen LogP contribution in [0.25, 0.3) is 17.5 Å². The van der Waals surface area contributed by atoms with Crippen molar-refractivity contribution >= 4 is 6.08 Å². The highest BCUT2D eigenvalue weighted by Gasteiger charge is 2.04. The van der Waals surface area contributed by atoms with Crippen LogP contribution in [0, 0.1) is 12.8 Å². The van der Waals surface area contributed by atoms with Crippen LogP contribution in [0.2, 0.25) is 0 Å². The number of benzene rings is 1. The van der Waals surface area contributed by atoms with Gasteiger partial charge in [-0.2, -0.15) is 0 Å². The Hall–Kier alpha value is -2.09. The first-order valence-corrected chi connectivity index (χ1v) is 6.95. The minimum atomic E-state index is 0.833. The van der Waals surface area contributed by atoms with Crippen molar-refractivity contribution in [1.29, 1.82) is 0 Å². The summed E-state index contributed by atoms with van der Waals surface area (Å²) in [5, 5.41) is 0. The average molecular weight is 268 g/mol. The van der Waals surface area contributed by atoms with Gasteiger partial charge in [0.15, 0.2) is 0 Å². The second-order valence-corrected chi connectivity index (χ2v) is 5.29. The fourth-order valence-electron chi connectivity index (χ4n) is 1.53. The van der Waals surface area contributed by atoms with Crippen LogP contribution in [-0.4, -0.2) is 9.97 Å². The Morgan fingerprint density at radius 1 is 1.15 bits per heavy atom. The summed E-state index contributed by atoms with van der Waals surface area (Å²) in [5.74, 6) is 1.74. The van der Waals surface area contributed by atoms with Gasteiger partial charge in [0.25, 0.3) is 0 Å². The zero-order chi connectivity index (χ0) is 15.0. The highest BCUT2D eigenvalue weighted by molar-refractivity contribution is 5.60. The molecule has 1 aromatic carbocycles. The van der Waals surface area contributed by atoms with Gasteiger partial charge in [-0.25, -0.2) is 4.98 Å². The number of nitrogens with zero attached hydrogens (tertiary/aromatic N) is 1. The molecule has 0 saturated heterocycles. The quantitative estimate of drug-likeness (QED) is 0.757. The van der Waals surface area contributed by atoms with Crippen molar-refractivity contribution < 1.29 is 0 Å². The summed E-state index contributed by atoms with van der Waals surface area (Å²) < 4.78 is 0. The fourth-order valence-corrected chi connectivity index (χ4v) is 1.53. The zero-order valence-electron chi connectivity index (χ0n) is 12.9. The summed E-state index contributed by atoms with van der Waals surface area (Å²) in [7, 11) is 0. The van der Waals surface area contributed by atoms with E-state index in [1.165, 1.54) is 0 Å². The first-order chi connectivity index (χ1) is 9.54. The van der Waals surface area contributed by atoms with E-state index in [1.54, 1.807) is 6.08 Å². The Morgan fingerprint density at radius 3 is 2.30 bits per heavy atom. The van der Waals surface area contributed by atoms with E-state index in [2.05, 4.69) is 37.3 Å². The standard InChI is InChI=1S/C14H14N2.C4H10/c1-3-4-10-13-11(2)15-14(16-13)12-8-6-5-7-9-12;1-4(2)3/h3-10H,1H2,2H3,(H,15,16);4H,1-3H3/b10-4-;. The molecular weight excluding hydrogens is 244 g/mol. The number of aromatic nitrogens is 2. The molecule has 0 unspecified atom stereocenters. The van der Waals surface area contributed by atoms with Gasteiger partial charge < -0.3 is 4.98 Å². The monoisotopic (exact) mass is 268 g/mol. The lowest BCUT2D eigenvalue weighted by atomic mass is 10.2. The van der Waals surface area contributed by atoms with Crippen LogP contribution in [0.5, 0.6) is 0 Å². The summed E-state index contributed by atoms with van der Waals surface area (Å²) in [6.45, 7) is 12.2. The predicted octanol–water partition coefficient (Wildman–Crippen LogP) is 5.25. The van der Waals surface area contributed by atoms with Gasteiger partial charge >= 0.3 is 0 Å². The van der Waals surface area contributed by atoms with E-state index >= 15 is 0 Å². The van der Waals surface area contributed by atoms with Crippen LogP contribution in [0.4, 0.5) is 0 Å². The topological polar surface area (TPSA) is 28.7 Å². The van der Waals surface area contributed by atoms with E-state index < -0.39 is 0 Å². The van der Waals surface area contributed by atoms with Crippen molar-refractivity contribution in [2.24, 2.45) is 5.92 Å². The summed E-state index contributed by atoms with van der Waals surface area (Å²) >= 11 is 0. The lowest BCUT2D eigenvalue weighted by Crippen LogP contribution is -1.78. The average Bonchev–Trinajstić information content (AvgIpc) is 2.78. The summed E-state index contributed by atoms with van der Waals surface area (Å²) in [4.78, 5) is 7.80. The Kier molecular flexibility index (Phi) is 6.51. The molecule has 0 aliphatic heterocycles. The number of hydrogen-bond acceptors (Lipinski definition) is 1. The van der Waals surface area contributed by atoms with Crippen LogP contribution in [0.15, 0.2) is 49.1 Å². The van der Waals surface area contributed by atoms with Gasteiger partial charge in [0, 0.05) is 11.3 Å². The van der Waals surface area contributed by atoms with E-state index in [4.69, 9.17) is 0 Å². The molecule has 106 valence electrons. The molecule has 1 aromatic heterocycles. The molecule has 0 saturated carbocycles. The third-order valence-electron chi connectivity index (χ3n) is 2.36. The van der Waals surface area contributed by atoms with Crippen molar-refractivity contribution in [2.45, 2.75) is 27.7 Å². The largest absolute Gasteiger partial charge is 0.342 e. The van der Waals surface area contributed by atoms with E-state index in [0.717, 1.165) is 28.7 Å². The Morgan fingerprint density at radius 2 is 1.75 bits per heavy atom. The number of aromatic amines is 1. The number of hydrogen-bond donors (Lipinski definition) is 1. The van der Waals surface area contributed by atoms with Crippen molar-refractivity contribution in [3.63, 3.8) is 0 Å². The molecule has 2 rings (SSSR count). The molecular formula is C18H24N2. The van der Waals surface area contributed by atoms with Crippen molar-refractivity contribution in [3.8, 4) is 11.4 Å². The van der Waals surface area contributed by atoms with Crippen LogP contribution < -0.4 is 0 Å². The second-order valence-electron chi connectivity index (χ2n) is 5.29. The van der Waals surface area contributed by atoms with Crippen molar-refractivity contribution in [3.05, 3.63) is 60.5 Å². The normalized spacial score (nSPS) is 10.4. The third-order valence-corrected chi connectivity index (χ3v) is 2.36. The fraction of sp³-hybridized carbons (Fsp3) is 0.278. The molecule has 0 spiro atoms. The van der Waals surface area contributed by atoms with Crippen molar-refractivity contribution in [1.82, 2.24) is 9.97 Å². The van der Waals surface area contributed by atoms with E-state index in [9.17, 15) is 0 Å². The highest BCUT2D eigenvalue weighted by Crippen LogP contribution is 2.18. The van der Waals surface area contributed by atoms with Gasteiger partial charge in [0.05, 0.1) is 5.69 Å². The van der Waals surface area contributed by atoms with Gasteiger partial charge in [-0.1, -0.05) is 69.8 Å². The number of nitrogens with one attached hydrogen (secondary N) is 1. The summed E-state index contributed by atoms with van der Waals surface area (Å²) in [5.41, 5.74) is 3.12. The summed E-state index contributed by atoms with van der Waals surface area (Å²) in [6.07, 6.45) is 5.58. The second kappa shape index (κ2) is 8.16. The molecule has 2 nitrogen and oxygen atoms in total. The predicted molar refractivity (Wildman–Crippen MR) is 88.5 cm³/mol. The molecule has 0 bridgehead atoms. The van der Waals surface area contributed by atoms with Crippen LogP contribution in [-0.2, 0) is 0 Å². The third kappa shape index (κ3) is 5.27. The summed E-state index contributed by atoms with van der Waals surface area (Å²) in [6, 6.07) is 10.1. The minimum Gasteiger partial charge on any atom is -0.342 e. The molecule has 0 radical (unpaired) electrons. The number of rotatable bonds is 3. The lowest BCUT2D eigenvalue weighted by Gasteiger charge is -1.93. The van der Waals surface area contributed by atoms with E-state index in [1.807, 2.05) is 49.4 Å². The highest BCUT2D eigenvalue weighted by atomic mass is 14.9. The Balaban J connectivity index is 0.000000444. The van der Waals surface area contributed by atoms with Crippen LogP contribution in [0.3, 0.4) is 0 Å². The smallest absolute Gasteiger partial charge is 0.138 e. The van der Waals surface area contributed by atoms with Gasteiger partial charge in [-0.15, -0.1) is 0 Å². The maximum Gasteiger partial charge on any atom is 0.138 e. The Bertz CT molecular complexity index is 545. The number of H-pyrrole nitrogens is 1.